The van der Waals surface area contributed by atoms with Crippen molar-refractivity contribution < 1.29 is 19.0 Å². The Kier molecular flexibility index (Phi) is 3.08. The molecule has 4 nitrogen and oxygen atoms in total. The second-order valence-corrected chi connectivity index (χ2v) is 3.90. The van der Waals surface area contributed by atoms with E-state index in [4.69, 9.17) is 9.84 Å². The van der Waals surface area contributed by atoms with Gasteiger partial charge in [-0.25, -0.2) is 14.2 Å². The van der Waals surface area contributed by atoms with Gasteiger partial charge in [-0.3, -0.25) is 0 Å². The van der Waals surface area contributed by atoms with Crippen molar-refractivity contribution in [3.63, 3.8) is 0 Å². The molecular formula is C12H12FNO3. The lowest BCUT2D eigenvalue weighted by molar-refractivity contribution is -0.146. The molecule has 1 N–H and O–H groups in total. The number of halogens is 1. The molecule has 1 aromatic carbocycles. The van der Waals surface area contributed by atoms with Gasteiger partial charge in [-0.05, 0) is 17.7 Å². The Labute approximate surface area is 97.7 Å². The number of rotatable bonds is 2. The minimum absolute atomic E-state index is 0.262. The zero-order valence-corrected chi connectivity index (χ0v) is 9.26. The summed E-state index contributed by atoms with van der Waals surface area (Å²) in [4.78, 5) is 15.1. The van der Waals surface area contributed by atoms with E-state index >= 15 is 0 Å². The molecule has 5 heteroatoms. The highest BCUT2D eigenvalue weighted by Gasteiger charge is 2.29. The van der Waals surface area contributed by atoms with E-state index in [-0.39, 0.29) is 18.3 Å². The van der Waals surface area contributed by atoms with Gasteiger partial charge in [0.2, 0.25) is 0 Å². The van der Waals surface area contributed by atoms with Gasteiger partial charge < -0.3 is 9.84 Å². The molecule has 0 spiro atoms. The van der Waals surface area contributed by atoms with E-state index in [1.54, 1.807) is 19.1 Å². The van der Waals surface area contributed by atoms with E-state index in [9.17, 15) is 9.18 Å². The lowest BCUT2D eigenvalue weighted by Crippen LogP contribution is -2.31. The van der Waals surface area contributed by atoms with Crippen molar-refractivity contribution in [1.29, 1.82) is 0 Å². The largest absolute Gasteiger partial charge is 0.479 e. The van der Waals surface area contributed by atoms with Gasteiger partial charge in [0.1, 0.15) is 5.82 Å². The Morgan fingerprint density at radius 2 is 2.12 bits per heavy atom. The van der Waals surface area contributed by atoms with Gasteiger partial charge in [0.25, 0.3) is 0 Å². The Hall–Kier alpha value is -1.91. The second kappa shape index (κ2) is 4.53. The van der Waals surface area contributed by atoms with Crippen LogP contribution in [0.3, 0.4) is 0 Å². The van der Waals surface area contributed by atoms with Crippen LogP contribution in [0.15, 0.2) is 29.3 Å². The van der Waals surface area contributed by atoms with Crippen molar-refractivity contribution >= 4 is 11.9 Å². The molecule has 1 heterocycles. The average Bonchev–Trinajstić information content (AvgIpc) is 2.29. The normalized spacial score (nSPS) is 23.8. The van der Waals surface area contributed by atoms with Gasteiger partial charge in [-0.2, -0.15) is 0 Å². The lowest BCUT2D eigenvalue weighted by atomic mass is 10.00. The third-order valence-electron chi connectivity index (χ3n) is 2.62. The van der Waals surface area contributed by atoms with Crippen molar-refractivity contribution in [2.75, 3.05) is 0 Å². The van der Waals surface area contributed by atoms with Crippen molar-refractivity contribution in [3.05, 3.63) is 35.6 Å². The Morgan fingerprint density at radius 1 is 1.47 bits per heavy atom. The van der Waals surface area contributed by atoms with Crippen LogP contribution in [0.4, 0.5) is 4.39 Å². The predicted molar refractivity (Wildman–Crippen MR) is 59.4 cm³/mol. The summed E-state index contributed by atoms with van der Waals surface area (Å²) >= 11 is 0. The van der Waals surface area contributed by atoms with Crippen LogP contribution in [0.1, 0.15) is 24.9 Å². The minimum atomic E-state index is -1.01. The Morgan fingerprint density at radius 3 is 2.71 bits per heavy atom. The third-order valence-corrected chi connectivity index (χ3v) is 2.62. The molecule has 2 unspecified atom stereocenters. The molecule has 90 valence electrons. The summed E-state index contributed by atoms with van der Waals surface area (Å²) in [6.45, 7) is 1.62. The summed E-state index contributed by atoms with van der Waals surface area (Å²) in [6, 6.07) is 5.62. The van der Waals surface area contributed by atoms with Crippen LogP contribution in [0.25, 0.3) is 0 Å². The fourth-order valence-electron chi connectivity index (χ4n) is 1.81. The highest BCUT2D eigenvalue weighted by atomic mass is 19.1. The number of ether oxygens (including phenoxy) is 1. The van der Waals surface area contributed by atoms with Crippen LogP contribution in [-0.4, -0.2) is 23.1 Å². The zero-order chi connectivity index (χ0) is 12.4. The monoisotopic (exact) mass is 237 g/mol. The van der Waals surface area contributed by atoms with Crippen LogP contribution in [0.5, 0.6) is 0 Å². The van der Waals surface area contributed by atoms with Gasteiger partial charge in [0, 0.05) is 13.3 Å². The highest BCUT2D eigenvalue weighted by molar-refractivity contribution is 5.81. The van der Waals surface area contributed by atoms with E-state index in [2.05, 4.69) is 4.99 Å². The lowest BCUT2D eigenvalue weighted by Gasteiger charge is -2.25. The molecular weight excluding hydrogens is 225 g/mol. The molecule has 0 saturated carbocycles. The van der Waals surface area contributed by atoms with Gasteiger partial charge in [-0.1, -0.05) is 12.1 Å². The van der Waals surface area contributed by atoms with Crippen LogP contribution in [-0.2, 0) is 9.53 Å². The maximum atomic E-state index is 12.8. The van der Waals surface area contributed by atoms with Gasteiger partial charge in [0.05, 0.1) is 6.04 Å². The first-order valence-corrected chi connectivity index (χ1v) is 5.25. The molecule has 0 radical (unpaired) electrons. The Bertz CT molecular complexity index is 455. The van der Waals surface area contributed by atoms with Crippen molar-refractivity contribution in [2.24, 2.45) is 4.99 Å². The first-order chi connectivity index (χ1) is 8.06. The standard InChI is InChI=1S/C12H12FNO3/c1-7-14-10(6-11(17-7)12(15)16)8-2-4-9(13)5-3-8/h2-5,10-11H,6H2,1H3,(H,15,16). The fraction of sp³-hybridized carbons (Fsp3) is 0.333. The zero-order valence-electron chi connectivity index (χ0n) is 9.26. The predicted octanol–water partition coefficient (Wildman–Crippen LogP) is 2.16. The maximum absolute atomic E-state index is 12.8. The number of hydrogen-bond acceptors (Lipinski definition) is 3. The molecule has 0 amide bonds. The SMILES string of the molecule is CC1=NC(c2ccc(F)cc2)CC(C(=O)O)O1. The molecule has 1 aliphatic rings. The molecule has 2 atom stereocenters. The molecule has 0 aliphatic carbocycles. The second-order valence-electron chi connectivity index (χ2n) is 3.90. The van der Waals surface area contributed by atoms with E-state index in [1.807, 2.05) is 0 Å². The van der Waals surface area contributed by atoms with E-state index in [1.165, 1.54) is 12.1 Å². The number of carboxylic acids is 1. The summed E-state index contributed by atoms with van der Waals surface area (Å²) in [5.41, 5.74) is 0.792. The Balaban J connectivity index is 2.23. The highest BCUT2D eigenvalue weighted by Crippen LogP contribution is 2.28. The van der Waals surface area contributed by atoms with Crippen LogP contribution in [0.2, 0.25) is 0 Å². The number of benzene rings is 1. The molecule has 0 bridgehead atoms. The molecule has 0 saturated heterocycles. The number of hydrogen-bond donors (Lipinski definition) is 1. The number of carboxylic acid groups (broad SMARTS) is 1. The number of aliphatic imine (C=N–C) groups is 1. The maximum Gasteiger partial charge on any atom is 0.345 e. The smallest absolute Gasteiger partial charge is 0.345 e. The quantitative estimate of drug-likeness (QED) is 0.857. The first-order valence-electron chi connectivity index (χ1n) is 5.25. The van der Waals surface area contributed by atoms with Crippen LogP contribution in [0, 0.1) is 5.82 Å². The van der Waals surface area contributed by atoms with E-state index in [0.717, 1.165) is 5.56 Å². The molecule has 0 fully saturated rings. The molecule has 1 aliphatic heterocycles. The average molecular weight is 237 g/mol. The number of carbonyl (C=O) groups is 1. The fourth-order valence-corrected chi connectivity index (χ4v) is 1.81. The summed E-state index contributed by atoms with van der Waals surface area (Å²) in [5, 5.41) is 8.92. The molecule has 2 rings (SSSR count). The number of aliphatic carboxylic acids is 1. The number of nitrogens with zero attached hydrogens (tertiary/aromatic N) is 1. The van der Waals surface area contributed by atoms with E-state index in [0.29, 0.717) is 5.90 Å². The van der Waals surface area contributed by atoms with Crippen molar-refractivity contribution in [3.8, 4) is 0 Å². The first kappa shape index (κ1) is 11.6. The van der Waals surface area contributed by atoms with Gasteiger partial charge in [-0.15, -0.1) is 0 Å². The summed E-state index contributed by atoms with van der Waals surface area (Å²) in [5.74, 6) is -0.986. The van der Waals surface area contributed by atoms with E-state index < -0.39 is 12.1 Å². The summed E-state index contributed by atoms with van der Waals surface area (Å²) in [6.07, 6.45) is -0.624. The molecule has 17 heavy (non-hydrogen) atoms. The van der Waals surface area contributed by atoms with Gasteiger partial charge in [0.15, 0.2) is 12.0 Å². The molecule has 0 aromatic heterocycles. The van der Waals surface area contributed by atoms with Crippen LogP contribution < -0.4 is 0 Å². The summed E-state index contributed by atoms with van der Waals surface area (Å²) < 4.78 is 17.9. The molecule has 1 aromatic rings. The van der Waals surface area contributed by atoms with Crippen LogP contribution >= 0.6 is 0 Å². The minimum Gasteiger partial charge on any atom is -0.479 e. The van der Waals surface area contributed by atoms with Crippen molar-refractivity contribution in [2.45, 2.75) is 25.5 Å². The van der Waals surface area contributed by atoms with Gasteiger partial charge >= 0.3 is 5.97 Å². The summed E-state index contributed by atoms with van der Waals surface area (Å²) in [7, 11) is 0. The topological polar surface area (TPSA) is 58.9 Å². The van der Waals surface area contributed by atoms with Crippen molar-refractivity contribution in [1.82, 2.24) is 0 Å². The third kappa shape index (κ3) is 2.61.